The lowest BCUT2D eigenvalue weighted by atomic mass is 9.95. The van der Waals surface area contributed by atoms with E-state index in [9.17, 15) is 18.0 Å². The zero-order valence-electron chi connectivity index (χ0n) is 15.0. The molecule has 26 heavy (non-hydrogen) atoms. The van der Waals surface area contributed by atoms with E-state index in [1.807, 2.05) is 29.2 Å². The molecule has 0 aromatic heterocycles. The second-order valence-corrected chi connectivity index (χ2v) is 8.86. The Morgan fingerprint density at radius 2 is 1.81 bits per heavy atom. The van der Waals surface area contributed by atoms with Crippen molar-refractivity contribution in [1.29, 1.82) is 0 Å². The molecule has 8 heteroatoms. The second kappa shape index (κ2) is 7.75. The lowest BCUT2D eigenvalue weighted by Crippen LogP contribution is -2.52. The molecule has 1 aromatic rings. The predicted octanol–water partition coefficient (Wildman–Crippen LogP) is 0.502. The first-order valence-electron chi connectivity index (χ1n) is 8.95. The Hall–Kier alpha value is -1.93. The molecule has 2 aliphatic rings. The fourth-order valence-electron chi connectivity index (χ4n) is 3.61. The topological polar surface area (TPSA) is 86.8 Å². The van der Waals surface area contributed by atoms with Crippen LogP contribution in [0.3, 0.4) is 0 Å². The van der Waals surface area contributed by atoms with E-state index in [0.717, 1.165) is 43.3 Å². The van der Waals surface area contributed by atoms with Crippen molar-refractivity contribution in [2.24, 2.45) is 0 Å². The number of amides is 2. The molecule has 0 radical (unpaired) electrons. The fourth-order valence-corrected chi connectivity index (χ4v) is 4.61. The Morgan fingerprint density at radius 1 is 1.15 bits per heavy atom. The zero-order valence-corrected chi connectivity index (χ0v) is 15.8. The highest BCUT2D eigenvalue weighted by Gasteiger charge is 2.36. The zero-order chi connectivity index (χ0) is 18.7. The van der Waals surface area contributed by atoms with Crippen molar-refractivity contribution in [3.63, 3.8) is 0 Å². The van der Waals surface area contributed by atoms with Crippen LogP contribution in [0.4, 0.5) is 0 Å². The van der Waals surface area contributed by atoms with Crippen LogP contribution in [0.15, 0.2) is 24.3 Å². The van der Waals surface area contributed by atoms with E-state index in [0.29, 0.717) is 6.42 Å². The summed E-state index contributed by atoms with van der Waals surface area (Å²) in [6.45, 7) is 1.99. The van der Waals surface area contributed by atoms with Crippen molar-refractivity contribution in [2.75, 3.05) is 25.9 Å². The van der Waals surface area contributed by atoms with E-state index in [4.69, 9.17) is 0 Å². The molecule has 1 aromatic carbocycles. The number of hydrogen-bond donors (Lipinski definition) is 1. The highest BCUT2D eigenvalue weighted by molar-refractivity contribution is 7.88. The summed E-state index contributed by atoms with van der Waals surface area (Å²) < 4.78 is 25.5. The van der Waals surface area contributed by atoms with E-state index >= 15 is 0 Å². The summed E-state index contributed by atoms with van der Waals surface area (Å²) in [5.74, 6) is -0.309. The van der Waals surface area contributed by atoms with Gasteiger partial charge in [-0.15, -0.1) is 0 Å². The standard InChI is InChI=1S/C18H25N3O4S/c1-26(24,25)21-13-15-7-3-2-6-14(15)12-16(21)18(23)19-9-8-17(22)20-10-4-5-11-20/h2-3,6-7,16H,4-5,8-13H2,1H3,(H,19,23). The number of benzene rings is 1. The van der Waals surface area contributed by atoms with Gasteiger partial charge < -0.3 is 10.2 Å². The van der Waals surface area contributed by atoms with Crippen LogP contribution in [-0.2, 0) is 32.6 Å². The molecule has 0 saturated carbocycles. The number of sulfonamides is 1. The summed E-state index contributed by atoms with van der Waals surface area (Å²) in [4.78, 5) is 26.5. The first-order chi connectivity index (χ1) is 12.4. The van der Waals surface area contributed by atoms with E-state index in [-0.39, 0.29) is 31.3 Å². The highest BCUT2D eigenvalue weighted by Crippen LogP contribution is 2.25. The van der Waals surface area contributed by atoms with Crippen molar-refractivity contribution >= 4 is 21.8 Å². The summed E-state index contributed by atoms with van der Waals surface area (Å²) in [5, 5.41) is 2.75. The van der Waals surface area contributed by atoms with E-state index < -0.39 is 16.1 Å². The average molecular weight is 379 g/mol. The molecule has 1 unspecified atom stereocenters. The van der Waals surface area contributed by atoms with Crippen LogP contribution in [0, 0.1) is 0 Å². The van der Waals surface area contributed by atoms with Crippen LogP contribution in [-0.4, -0.2) is 61.4 Å². The van der Waals surface area contributed by atoms with Gasteiger partial charge in [0.05, 0.1) is 6.26 Å². The first-order valence-corrected chi connectivity index (χ1v) is 10.8. The van der Waals surface area contributed by atoms with Gasteiger partial charge in [-0.3, -0.25) is 9.59 Å². The largest absolute Gasteiger partial charge is 0.354 e. The maximum atomic E-state index is 12.6. The molecule has 142 valence electrons. The van der Waals surface area contributed by atoms with Crippen molar-refractivity contribution in [3.8, 4) is 0 Å². The molecular formula is C18H25N3O4S. The van der Waals surface area contributed by atoms with Crippen LogP contribution >= 0.6 is 0 Å². The predicted molar refractivity (Wildman–Crippen MR) is 97.8 cm³/mol. The summed E-state index contributed by atoms with van der Waals surface area (Å²) in [5.41, 5.74) is 1.91. The minimum atomic E-state index is -3.52. The molecule has 0 spiro atoms. The van der Waals surface area contributed by atoms with Gasteiger partial charge in [0.2, 0.25) is 21.8 Å². The quantitative estimate of drug-likeness (QED) is 0.807. The fraction of sp³-hybridized carbons (Fsp3) is 0.556. The molecule has 1 N–H and O–H groups in total. The van der Waals surface area contributed by atoms with Gasteiger partial charge in [0.1, 0.15) is 6.04 Å². The van der Waals surface area contributed by atoms with E-state index in [1.54, 1.807) is 0 Å². The molecule has 7 nitrogen and oxygen atoms in total. The second-order valence-electron chi connectivity index (χ2n) is 6.93. The van der Waals surface area contributed by atoms with Crippen molar-refractivity contribution < 1.29 is 18.0 Å². The van der Waals surface area contributed by atoms with E-state index in [1.165, 1.54) is 4.31 Å². The van der Waals surface area contributed by atoms with Crippen LogP contribution in [0.25, 0.3) is 0 Å². The molecule has 3 rings (SSSR count). The number of likely N-dealkylation sites (tertiary alicyclic amines) is 1. The van der Waals surface area contributed by atoms with Crippen molar-refractivity contribution in [1.82, 2.24) is 14.5 Å². The Balaban J connectivity index is 1.63. The Labute approximate surface area is 154 Å². The number of hydrogen-bond acceptors (Lipinski definition) is 4. The number of rotatable bonds is 5. The molecule has 2 heterocycles. The number of carbonyl (C=O) groups is 2. The molecule has 1 atom stereocenters. The van der Waals surface area contributed by atoms with Gasteiger partial charge in [-0.1, -0.05) is 24.3 Å². The number of nitrogens with one attached hydrogen (secondary N) is 1. The van der Waals surface area contributed by atoms with Crippen LogP contribution in [0.5, 0.6) is 0 Å². The summed E-state index contributed by atoms with van der Waals surface area (Å²) in [6.07, 6.45) is 3.77. The molecule has 1 fully saturated rings. The highest BCUT2D eigenvalue weighted by atomic mass is 32.2. The normalized spacial score (nSPS) is 20.7. The number of nitrogens with zero attached hydrogens (tertiary/aromatic N) is 2. The Morgan fingerprint density at radius 3 is 2.46 bits per heavy atom. The molecule has 1 saturated heterocycles. The van der Waals surface area contributed by atoms with Crippen LogP contribution in [0.1, 0.15) is 30.4 Å². The first kappa shape index (κ1) is 18.8. The van der Waals surface area contributed by atoms with E-state index in [2.05, 4.69) is 5.32 Å². The van der Waals surface area contributed by atoms with Gasteiger partial charge in [0, 0.05) is 32.6 Å². The minimum absolute atomic E-state index is 0.0387. The van der Waals surface area contributed by atoms with Gasteiger partial charge >= 0.3 is 0 Å². The van der Waals surface area contributed by atoms with Crippen molar-refractivity contribution in [2.45, 2.75) is 38.3 Å². The van der Waals surface area contributed by atoms with Crippen LogP contribution in [0.2, 0.25) is 0 Å². The third-order valence-electron chi connectivity index (χ3n) is 5.03. The SMILES string of the molecule is CS(=O)(=O)N1Cc2ccccc2CC1C(=O)NCCC(=O)N1CCCC1. The number of carbonyl (C=O) groups excluding carboxylic acids is 2. The number of fused-ring (bicyclic) bond motifs is 1. The smallest absolute Gasteiger partial charge is 0.238 e. The third kappa shape index (κ3) is 4.24. The molecule has 2 amide bonds. The van der Waals surface area contributed by atoms with Gasteiger partial charge in [-0.25, -0.2) is 8.42 Å². The summed E-state index contributed by atoms with van der Waals surface area (Å²) >= 11 is 0. The average Bonchev–Trinajstić information content (AvgIpc) is 3.14. The third-order valence-corrected chi connectivity index (χ3v) is 6.27. The Kier molecular flexibility index (Phi) is 5.62. The lowest BCUT2D eigenvalue weighted by molar-refractivity contribution is -0.130. The summed E-state index contributed by atoms with van der Waals surface area (Å²) in [7, 11) is -3.52. The molecule has 0 bridgehead atoms. The minimum Gasteiger partial charge on any atom is -0.354 e. The monoisotopic (exact) mass is 379 g/mol. The summed E-state index contributed by atoms with van der Waals surface area (Å²) in [6, 6.07) is 6.78. The van der Waals surface area contributed by atoms with Gasteiger partial charge in [0.15, 0.2) is 0 Å². The van der Waals surface area contributed by atoms with Gasteiger partial charge in [0.25, 0.3) is 0 Å². The van der Waals surface area contributed by atoms with Crippen molar-refractivity contribution in [3.05, 3.63) is 35.4 Å². The molecule has 2 aliphatic heterocycles. The molecule has 0 aliphatic carbocycles. The van der Waals surface area contributed by atoms with Crippen LogP contribution < -0.4 is 5.32 Å². The van der Waals surface area contributed by atoms with Gasteiger partial charge in [-0.2, -0.15) is 4.31 Å². The lowest BCUT2D eigenvalue weighted by Gasteiger charge is -2.34. The Bertz CT molecular complexity index is 787. The maximum Gasteiger partial charge on any atom is 0.238 e. The maximum absolute atomic E-state index is 12.6. The van der Waals surface area contributed by atoms with Gasteiger partial charge in [-0.05, 0) is 30.4 Å². The molecular weight excluding hydrogens is 354 g/mol.